The zero-order valence-electron chi connectivity index (χ0n) is 23.0. The van der Waals surface area contributed by atoms with Crippen molar-refractivity contribution in [1.82, 2.24) is 10.4 Å². The number of hydrogen-bond donors (Lipinski definition) is 1. The fourth-order valence-corrected chi connectivity index (χ4v) is 5.78. The molecule has 6 heteroatoms. The van der Waals surface area contributed by atoms with E-state index in [1.807, 2.05) is 26.8 Å². The van der Waals surface area contributed by atoms with Gasteiger partial charge in [0, 0.05) is 13.1 Å². The standard InChI is InChI=1S/C28H50N2O3Si/c1-27(2,3)33-30(22-31)25(19-23-15-11-9-12-16-23)26(32-34(7,8)28(4,5)6)21-29-20-24-17-13-10-14-18-24/h10,13-14,17-18,22-23,25-26,29H,9,11-12,15-16,19-21H2,1-8H3. The van der Waals surface area contributed by atoms with Gasteiger partial charge in [0.15, 0.2) is 8.32 Å². The molecule has 1 aromatic carbocycles. The number of hydrogen-bond acceptors (Lipinski definition) is 4. The van der Waals surface area contributed by atoms with Gasteiger partial charge < -0.3 is 9.74 Å². The number of amides is 1. The Kier molecular flexibility index (Phi) is 10.8. The summed E-state index contributed by atoms with van der Waals surface area (Å²) in [6.07, 6.45) is 7.97. The molecule has 0 spiro atoms. The van der Waals surface area contributed by atoms with Crippen LogP contribution >= 0.6 is 0 Å². The second-order valence-corrected chi connectivity index (χ2v) is 17.3. The third-order valence-electron chi connectivity index (χ3n) is 7.31. The topological polar surface area (TPSA) is 50.8 Å². The summed E-state index contributed by atoms with van der Waals surface area (Å²) in [5.41, 5.74) is 0.792. The normalized spacial score (nSPS) is 17.9. The van der Waals surface area contributed by atoms with Crippen LogP contribution in [-0.2, 0) is 20.6 Å². The van der Waals surface area contributed by atoms with Gasteiger partial charge in [0.2, 0.25) is 6.41 Å². The Bertz CT molecular complexity index is 721. The van der Waals surface area contributed by atoms with Crippen LogP contribution in [0, 0.1) is 5.92 Å². The van der Waals surface area contributed by atoms with E-state index >= 15 is 0 Å². The van der Waals surface area contributed by atoms with Crippen molar-refractivity contribution in [2.45, 2.75) is 122 Å². The van der Waals surface area contributed by atoms with E-state index in [-0.39, 0.29) is 17.2 Å². The maximum absolute atomic E-state index is 12.4. The van der Waals surface area contributed by atoms with Crippen molar-refractivity contribution in [2.24, 2.45) is 5.92 Å². The van der Waals surface area contributed by atoms with E-state index in [4.69, 9.17) is 9.26 Å². The summed E-state index contributed by atoms with van der Waals surface area (Å²) in [5.74, 6) is 0.601. The van der Waals surface area contributed by atoms with E-state index in [1.54, 1.807) is 5.06 Å². The molecule has 1 saturated carbocycles. The summed E-state index contributed by atoms with van der Waals surface area (Å²) in [5, 5.41) is 5.29. The average molecular weight is 491 g/mol. The van der Waals surface area contributed by atoms with Crippen LogP contribution in [0.15, 0.2) is 30.3 Å². The van der Waals surface area contributed by atoms with Crippen molar-refractivity contribution in [3.8, 4) is 0 Å². The van der Waals surface area contributed by atoms with Crippen LogP contribution in [0.3, 0.4) is 0 Å². The van der Waals surface area contributed by atoms with Crippen LogP contribution in [0.4, 0.5) is 0 Å². The summed E-state index contributed by atoms with van der Waals surface area (Å²) in [4.78, 5) is 18.6. The van der Waals surface area contributed by atoms with Crippen LogP contribution in [-0.4, -0.2) is 44.1 Å². The molecule has 0 saturated heterocycles. The molecule has 194 valence electrons. The molecule has 34 heavy (non-hydrogen) atoms. The van der Waals surface area contributed by atoms with Gasteiger partial charge in [-0.2, -0.15) is 0 Å². The van der Waals surface area contributed by atoms with Crippen LogP contribution in [0.1, 0.15) is 85.6 Å². The Labute approximate surface area is 210 Å². The molecule has 0 aromatic heterocycles. The van der Waals surface area contributed by atoms with Crippen molar-refractivity contribution in [2.75, 3.05) is 6.54 Å². The predicted molar refractivity (Wildman–Crippen MR) is 144 cm³/mol. The van der Waals surface area contributed by atoms with Gasteiger partial charge in [-0.3, -0.25) is 9.63 Å². The first-order valence-electron chi connectivity index (χ1n) is 13.2. The first kappa shape index (κ1) is 29.0. The molecule has 0 aliphatic heterocycles. The SMILES string of the molecule is CC(C)(C)ON(C=O)C(CC1CCCCC1)C(CNCc1ccccc1)O[Si](C)(C)C(C)(C)C. The van der Waals surface area contributed by atoms with E-state index in [2.05, 4.69) is 63.4 Å². The van der Waals surface area contributed by atoms with Crippen molar-refractivity contribution in [3.05, 3.63) is 35.9 Å². The Morgan fingerprint density at radius 3 is 2.21 bits per heavy atom. The smallest absolute Gasteiger partial charge is 0.233 e. The van der Waals surface area contributed by atoms with Gasteiger partial charge in [0.25, 0.3) is 0 Å². The van der Waals surface area contributed by atoms with Crippen LogP contribution < -0.4 is 5.32 Å². The molecule has 1 aliphatic carbocycles. The largest absolute Gasteiger partial charge is 0.410 e. The fraction of sp³-hybridized carbons (Fsp3) is 0.750. The lowest BCUT2D eigenvalue weighted by Crippen LogP contribution is -2.56. The molecule has 0 heterocycles. The van der Waals surface area contributed by atoms with E-state index in [1.165, 1.54) is 37.7 Å². The zero-order valence-corrected chi connectivity index (χ0v) is 24.0. The number of nitrogens with one attached hydrogen (secondary N) is 1. The molecule has 1 N–H and O–H groups in total. The first-order valence-corrected chi connectivity index (χ1v) is 16.1. The Morgan fingerprint density at radius 2 is 1.68 bits per heavy atom. The molecule has 1 amide bonds. The molecule has 0 radical (unpaired) electrons. The number of nitrogens with zero attached hydrogens (tertiary/aromatic N) is 1. The van der Waals surface area contributed by atoms with Gasteiger partial charge >= 0.3 is 0 Å². The minimum absolute atomic E-state index is 0.0803. The second kappa shape index (κ2) is 12.7. The molecule has 1 aromatic rings. The van der Waals surface area contributed by atoms with Crippen LogP contribution in [0.5, 0.6) is 0 Å². The first-order chi connectivity index (χ1) is 15.8. The lowest BCUT2D eigenvalue weighted by molar-refractivity contribution is -0.244. The van der Waals surface area contributed by atoms with E-state index in [0.29, 0.717) is 12.5 Å². The molecule has 2 unspecified atom stereocenters. The summed E-state index contributed by atoms with van der Waals surface area (Å²) in [6, 6.07) is 10.3. The van der Waals surface area contributed by atoms with Crippen molar-refractivity contribution in [3.63, 3.8) is 0 Å². The average Bonchev–Trinajstić information content (AvgIpc) is 2.75. The number of rotatable bonds is 12. The summed E-state index contributed by atoms with van der Waals surface area (Å²) in [7, 11) is -2.08. The Balaban J connectivity index is 2.31. The van der Waals surface area contributed by atoms with Crippen molar-refractivity contribution < 1.29 is 14.1 Å². The number of benzene rings is 1. The Hall–Kier alpha value is -1.21. The third kappa shape index (κ3) is 9.44. The van der Waals surface area contributed by atoms with E-state index in [9.17, 15) is 4.79 Å². The lowest BCUT2D eigenvalue weighted by atomic mass is 9.83. The van der Waals surface area contributed by atoms with Gasteiger partial charge in [-0.25, -0.2) is 5.06 Å². The number of hydroxylamine groups is 2. The molecule has 1 fully saturated rings. The molecule has 5 nitrogen and oxygen atoms in total. The quantitative estimate of drug-likeness (QED) is 0.201. The summed E-state index contributed by atoms with van der Waals surface area (Å²) < 4.78 is 7.04. The Morgan fingerprint density at radius 1 is 1.06 bits per heavy atom. The van der Waals surface area contributed by atoms with E-state index in [0.717, 1.165) is 19.4 Å². The van der Waals surface area contributed by atoms with Crippen LogP contribution in [0.25, 0.3) is 0 Å². The highest BCUT2D eigenvalue weighted by Crippen LogP contribution is 2.39. The van der Waals surface area contributed by atoms with E-state index < -0.39 is 13.9 Å². The third-order valence-corrected chi connectivity index (χ3v) is 11.8. The second-order valence-electron chi connectivity index (χ2n) is 12.5. The molecule has 2 rings (SSSR count). The molecule has 2 atom stereocenters. The van der Waals surface area contributed by atoms with Gasteiger partial charge in [0.05, 0.1) is 17.7 Å². The summed E-state index contributed by atoms with van der Waals surface area (Å²) >= 11 is 0. The maximum Gasteiger partial charge on any atom is 0.233 e. The fourth-order valence-electron chi connectivity index (χ4n) is 4.43. The number of carbonyl (C=O) groups excluding carboxylic acids is 1. The van der Waals surface area contributed by atoms with Gasteiger partial charge in [-0.05, 0) is 56.8 Å². The van der Waals surface area contributed by atoms with Crippen molar-refractivity contribution >= 4 is 14.7 Å². The minimum Gasteiger partial charge on any atom is -0.410 e. The highest BCUT2D eigenvalue weighted by atomic mass is 28.4. The number of carbonyl (C=O) groups is 1. The zero-order chi connectivity index (χ0) is 25.4. The highest BCUT2D eigenvalue weighted by Gasteiger charge is 2.43. The molecular weight excluding hydrogens is 440 g/mol. The van der Waals surface area contributed by atoms with Gasteiger partial charge in [0.1, 0.15) is 0 Å². The minimum atomic E-state index is -2.08. The lowest BCUT2D eigenvalue weighted by Gasteiger charge is -2.45. The molecule has 0 bridgehead atoms. The molecular formula is C28H50N2O3Si. The van der Waals surface area contributed by atoms with Gasteiger partial charge in [-0.1, -0.05) is 83.2 Å². The van der Waals surface area contributed by atoms with Crippen molar-refractivity contribution in [1.29, 1.82) is 0 Å². The highest BCUT2D eigenvalue weighted by molar-refractivity contribution is 6.74. The summed E-state index contributed by atoms with van der Waals surface area (Å²) in [6.45, 7) is 18.9. The van der Waals surface area contributed by atoms with Crippen LogP contribution in [0.2, 0.25) is 18.1 Å². The predicted octanol–water partition coefficient (Wildman–Crippen LogP) is 6.69. The maximum atomic E-state index is 12.4. The van der Waals surface area contributed by atoms with Gasteiger partial charge in [-0.15, -0.1) is 0 Å². The molecule has 1 aliphatic rings. The monoisotopic (exact) mass is 490 g/mol.